The van der Waals surface area contributed by atoms with E-state index in [1.165, 1.54) is 6.07 Å². The third-order valence-electron chi connectivity index (χ3n) is 4.61. The Bertz CT molecular complexity index is 692. The molecule has 5 heteroatoms. The van der Waals surface area contributed by atoms with Crippen LogP contribution in [0.1, 0.15) is 24.1 Å². The first-order valence-corrected chi connectivity index (χ1v) is 8.83. The number of nitrogens with zero attached hydrogens (tertiary/aromatic N) is 2. The van der Waals surface area contributed by atoms with Crippen LogP contribution in [0.2, 0.25) is 0 Å². The molecule has 2 heterocycles. The number of nitrogens with one attached hydrogen (secondary N) is 1. The van der Waals surface area contributed by atoms with E-state index in [1.54, 1.807) is 12.3 Å². The third kappa shape index (κ3) is 5.36. The standard InChI is InChI=1S/C20H24FN3O/c21-19-9-2-1-7-17(19)15-24-11-5-6-16(14-24)13-23-20(25)12-18-8-3-4-10-22-18/h1-4,7-10,16H,5-6,11-15H2,(H,23,25)/t16-/m0/s1. The minimum absolute atomic E-state index is 0.00456. The number of halogens is 1. The second kappa shape index (κ2) is 8.72. The highest BCUT2D eigenvalue weighted by Gasteiger charge is 2.21. The van der Waals surface area contributed by atoms with E-state index in [1.807, 2.05) is 30.3 Å². The molecule has 132 valence electrons. The van der Waals surface area contributed by atoms with E-state index in [0.29, 0.717) is 25.4 Å². The van der Waals surface area contributed by atoms with Gasteiger partial charge in [0.05, 0.1) is 6.42 Å². The quantitative estimate of drug-likeness (QED) is 0.879. The normalized spacial score (nSPS) is 18.0. The molecule has 1 aromatic heterocycles. The van der Waals surface area contributed by atoms with Gasteiger partial charge in [-0.2, -0.15) is 0 Å². The zero-order valence-electron chi connectivity index (χ0n) is 14.3. The van der Waals surface area contributed by atoms with Gasteiger partial charge in [-0.1, -0.05) is 24.3 Å². The lowest BCUT2D eigenvalue weighted by atomic mass is 9.97. The van der Waals surface area contributed by atoms with Crippen molar-refractivity contribution in [1.29, 1.82) is 0 Å². The third-order valence-corrected chi connectivity index (χ3v) is 4.61. The Morgan fingerprint density at radius 1 is 1.24 bits per heavy atom. The largest absolute Gasteiger partial charge is 0.355 e. The van der Waals surface area contributed by atoms with Crippen LogP contribution in [-0.4, -0.2) is 35.4 Å². The van der Waals surface area contributed by atoms with Crippen LogP contribution in [0, 0.1) is 11.7 Å². The molecule has 25 heavy (non-hydrogen) atoms. The Balaban J connectivity index is 1.45. The van der Waals surface area contributed by atoms with Crippen molar-refractivity contribution in [3.05, 3.63) is 65.7 Å². The summed E-state index contributed by atoms with van der Waals surface area (Å²) in [6.45, 7) is 3.16. The second-order valence-corrected chi connectivity index (χ2v) is 6.64. The van der Waals surface area contributed by atoms with Gasteiger partial charge in [-0.25, -0.2) is 4.39 Å². The van der Waals surface area contributed by atoms with E-state index >= 15 is 0 Å². The van der Waals surface area contributed by atoms with Crippen molar-refractivity contribution in [3.63, 3.8) is 0 Å². The van der Waals surface area contributed by atoms with Gasteiger partial charge >= 0.3 is 0 Å². The van der Waals surface area contributed by atoms with Crippen molar-refractivity contribution in [2.45, 2.75) is 25.8 Å². The van der Waals surface area contributed by atoms with Crippen LogP contribution in [0.15, 0.2) is 48.7 Å². The highest BCUT2D eigenvalue weighted by molar-refractivity contribution is 5.78. The first-order valence-electron chi connectivity index (χ1n) is 8.83. The molecule has 0 spiro atoms. The zero-order chi connectivity index (χ0) is 17.5. The maximum atomic E-state index is 13.8. The van der Waals surface area contributed by atoms with Gasteiger partial charge in [0, 0.05) is 37.1 Å². The molecule has 0 radical (unpaired) electrons. The molecular formula is C20H24FN3O. The summed E-state index contributed by atoms with van der Waals surface area (Å²) in [5.74, 6) is 0.270. The lowest BCUT2D eigenvalue weighted by molar-refractivity contribution is -0.120. The van der Waals surface area contributed by atoms with Crippen molar-refractivity contribution in [1.82, 2.24) is 15.2 Å². The number of likely N-dealkylation sites (tertiary alicyclic amines) is 1. The summed E-state index contributed by atoms with van der Waals surface area (Å²) in [6.07, 6.45) is 4.18. The van der Waals surface area contributed by atoms with E-state index in [9.17, 15) is 9.18 Å². The summed E-state index contributed by atoms with van der Waals surface area (Å²) in [5.41, 5.74) is 1.52. The summed E-state index contributed by atoms with van der Waals surface area (Å²) < 4.78 is 13.8. The monoisotopic (exact) mass is 341 g/mol. The number of hydrogen-bond donors (Lipinski definition) is 1. The summed E-state index contributed by atoms with van der Waals surface area (Å²) >= 11 is 0. The first-order chi connectivity index (χ1) is 12.2. The highest BCUT2D eigenvalue weighted by Crippen LogP contribution is 2.19. The number of aromatic nitrogens is 1. The molecule has 0 aliphatic carbocycles. The van der Waals surface area contributed by atoms with Crippen LogP contribution in [0.25, 0.3) is 0 Å². The Morgan fingerprint density at radius 3 is 2.88 bits per heavy atom. The van der Waals surface area contributed by atoms with Crippen molar-refractivity contribution in [2.24, 2.45) is 5.92 Å². The Morgan fingerprint density at radius 2 is 2.08 bits per heavy atom. The van der Waals surface area contributed by atoms with E-state index in [0.717, 1.165) is 37.2 Å². The van der Waals surface area contributed by atoms with Crippen LogP contribution in [0.4, 0.5) is 4.39 Å². The second-order valence-electron chi connectivity index (χ2n) is 6.64. The van der Waals surface area contributed by atoms with Crippen LogP contribution >= 0.6 is 0 Å². The molecule has 1 aliphatic rings. The number of benzene rings is 1. The first kappa shape index (κ1) is 17.5. The molecule has 1 N–H and O–H groups in total. The summed E-state index contributed by atoms with van der Waals surface area (Å²) in [6, 6.07) is 12.5. The molecule has 0 bridgehead atoms. The van der Waals surface area contributed by atoms with Gasteiger partial charge in [0.15, 0.2) is 0 Å². The van der Waals surface area contributed by atoms with E-state index in [-0.39, 0.29) is 11.7 Å². The average molecular weight is 341 g/mol. The van der Waals surface area contributed by atoms with Gasteiger partial charge in [0.2, 0.25) is 5.91 Å². The smallest absolute Gasteiger partial charge is 0.226 e. The lowest BCUT2D eigenvalue weighted by Crippen LogP contribution is -2.41. The Kier molecular flexibility index (Phi) is 6.12. The van der Waals surface area contributed by atoms with Crippen molar-refractivity contribution in [3.8, 4) is 0 Å². The van der Waals surface area contributed by atoms with Crippen molar-refractivity contribution >= 4 is 5.91 Å². The number of amides is 1. The van der Waals surface area contributed by atoms with Crippen LogP contribution in [0.5, 0.6) is 0 Å². The number of pyridine rings is 1. The predicted octanol–water partition coefficient (Wildman–Crippen LogP) is 2.79. The average Bonchev–Trinajstić information content (AvgIpc) is 2.63. The predicted molar refractivity (Wildman–Crippen MR) is 95.4 cm³/mol. The summed E-state index contributed by atoms with van der Waals surface area (Å²) in [5, 5.41) is 3.02. The molecule has 1 fully saturated rings. The summed E-state index contributed by atoms with van der Waals surface area (Å²) in [7, 11) is 0. The number of hydrogen-bond acceptors (Lipinski definition) is 3. The van der Waals surface area contributed by atoms with Gasteiger partial charge in [-0.3, -0.25) is 14.7 Å². The van der Waals surface area contributed by atoms with Gasteiger partial charge < -0.3 is 5.32 Å². The van der Waals surface area contributed by atoms with E-state index in [4.69, 9.17) is 0 Å². The SMILES string of the molecule is O=C(Cc1ccccn1)NC[C@@H]1CCCN(Cc2ccccc2F)C1. The molecule has 1 saturated heterocycles. The molecule has 3 rings (SSSR count). The zero-order valence-corrected chi connectivity index (χ0v) is 14.3. The molecule has 1 atom stereocenters. The van der Waals surface area contributed by atoms with Gasteiger partial charge in [-0.05, 0) is 43.5 Å². The minimum Gasteiger partial charge on any atom is -0.355 e. The van der Waals surface area contributed by atoms with Crippen molar-refractivity contribution < 1.29 is 9.18 Å². The number of rotatable bonds is 6. The Hall–Kier alpha value is -2.27. The maximum absolute atomic E-state index is 13.8. The number of piperidine rings is 1. The fourth-order valence-corrected chi connectivity index (χ4v) is 3.32. The minimum atomic E-state index is -0.145. The van der Waals surface area contributed by atoms with Gasteiger partial charge in [-0.15, -0.1) is 0 Å². The molecular weight excluding hydrogens is 317 g/mol. The fourth-order valence-electron chi connectivity index (χ4n) is 3.32. The topological polar surface area (TPSA) is 45.2 Å². The fraction of sp³-hybridized carbons (Fsp3) is 0.400. The molecule has 1 aliphatic heterocycles. The number of carbonyl (C=O) groups excluding carboxylic acids is 1. The van der Waals surface area contributed by atoms with Crippen LogP contribution in [-0.2, 0) is 17.8 Å². The molecule has 0 saturated carbocycles. The lowest BCUT2D eigenvalue weighted by Gasteiger charge is -2.32. The highest BCUT2D eigenvalue weighted by atomic mass is 19.1. The van der Waals surface area contributed by atoms with Gasteiger partial charge in [0.1, 0.15) is 5.82 Å². The molecule has 1 aromatic carbocycles. The molecule has 2 aromatic rings. The van der Waals surface area contributed by atoms with Crippen LogP contribution in [0.3, 0.4) is 0 Å². The van der Waals surface area contributed by atoms with E-state index < -0.39 is 0 Å². The summed E-state index contributed by atoms with van der Waals surface area (Å²) in [4.78, 5) is 18.5. The van der Waals surface area contributed by atoms with Crippen LogP contribution < -0.4 is 5.32 Å². The van der Waals surface area contributed by atoms with E-state index in [2.05, 4.69) is 15.2 Å². The number of carbonyl (C=O) groups is 1. The maximum Gasteiger partial charge on any atom is 0.226 e. The molecule has 4 nitrogen and oxygen atoms in total. The van der Waals surface area contributed by atoms with Crippen molar-refractivity contribution in [2.75, 3.05) is 19.6 Å². The molecule has 0 unspecified atom stereocenters. The molecule has 1 amide bonds. The Labute approximate surface area is 148 Å². The van der Waals surface area contributed by atoms with Gasteiger partial charge in [0.25, 0.3) is 0 Å².